The van der Waals surface area contributed by atoms with E-state index in [4.69, 9.17) is 5.26 Å². The summed E-state index contributed by atoms with van der Waals surface area (Å²) in [5.74, 6) is 0.0396. The molecule has 1 N–H and O–H groups in total. The Hall–Kier alpha value is -4.24. The molecule has 1 aliphatic heterocycles. The number of benzene rings is 1. The van der Waals surface area contributed by atoms with Gasteiger partial charge in [-0.3, -0.25) is 14.8 Å². The number of hydrogen-bond acceptors (Lipinski definition) is 5. The first kappa shape index (κ1) is 23.9. The number of amides is 1. The SMILES string of the molecule is C=CC(=CC=CCC#N)c1cc(NC2CCN(C(=O)c3ccc(C)nc3)CC2)c2cnccc2c1. The van der Waals surface area contributed by atoms with Crippen LogP contribution in [0.5, 0.6) is 0 Å². The van der Waals surface area contributed by atoms with Crippen molar-refractivity contribution in [2.24, 2.45) is 0 Å². The molecule has 3 heterocycles. The van der Waals surface area contributed by atoms with Crippen LogP contribution in [0.15, 0.2) is 79.8 Å². The van der Waals surface area contributed by atoms with Gasteiger partial charge in [-0.25, -0.2) is 0 Å². The highest BCUT2D eigenvalue weighted by atomic mass is 16.2. The minimum atomic E-state index is 0.0396. The number of nitrogens with zero attached hydrogens (tertiary/aromatic N) is 4. The van der Waals surface area contributed by atoms with E-state index >= 15 is 0 Å². The van der Waals surface area contributed by atoms with Gasteiger partial charge in [0.15, 0.2) is 0 Å². The molecule has 2 aromatic heterocycles. The second-order valence-electron chi connectivity index (χ2n) is 8.64. The van der Waals surface area contributed by atoms with E-state index in [1.165, 1.54) is 0 Å². The molecule has 1 aromatic carbocycles. The molecule has 176 valence electrons. The van der Waals surface area contributed by atoms with E-state index < -0.39 is 0 Å². The lowest BCUT2D eigenvalue weighted by Gasteiger charge is -2.33. The maximum atomic E-state index is 12.8. The highest BCUT2D eigenvalue weighted by Gasteiger charge is 2.24. The third-order valence-electron chi connectivity index (χ3n) is 6.23. The molecule has 0 radical (unpaired) electrons. The van der Waals surface area contributed by atoms with Crippen molar-refractivity contribution in [2.75, 3.05) is 18.4 Å². The average Bonchev–Trinajstić information content (AvgIpc) is 2.89. The molecule has 3 aromatic rings. The number of nitrogens with one attached hydrogen (secondary N) is 1. The minimum Gasteiger partial charge on any atom is -0.382 e. The predicted octanol–water partition coefficient (Wildman–Crippen LogP) is 5.69. The van der Waals surface area contributed by atoms with Gasteiger partial charge in [-0.05, 0) is 66.6 Å². The molecule has 1 aliphatic rings. The Labute approximate surface area is 206 Å². The Morgan fingerprint density at radius 2 is 2.06 bits per heavy atom. The zero-order valence-electron chi connectivity index (χ0n) is 19.9. The predicted molar refractivity (Wildman–Crippen MR) is 141 cm³/mol. The Balaban J connectivity index is 1.51. The number of aromatic nitrogens is 2. The Bertz CT molecular complexity index is 1310. The molecular formula is C29H29N5O. The molecule has 0 unspecified atom stereocenters. The molecule has 4 rings (SSSR count). The van der Waals surface area contributed by atoms with Gasteiger partial charge in [0.05, 0.1) is 18.1 Å². The number of carbonyl (C=O) groups excluding carboxylic acids is 1. The molecule has 35 heavy (non-hydrogen) atoms. The van der Waals surface area contributed by atoms with Crippen molar-refractivity contribution < 1.29 is 4.79 Å². The number of likely N-dealkylation sites (tertiary alicyclic amines) is 1. The Morgan fingerprint density at radius 1 is 1.23 bits per heavy atom. The first-order valence-corrected chi connectivity index (χ1v) is 11.8. The summed E-state index contributed by atoms with van der Waals surface area (Å²) < 4.78 is 0. The number of carbonyl (C=O) groups is 1. The quantitative estimate of drug-likeness (QED) is 0.455. The van der Waals surface area contributed by atoms with Gasteiger partial charge < -0.3 is 10.2 Å². The fourth-order valence-electron chi connectivity index (χ4n) is 4.28. The Morgan fingerprint density at radius 3 is 2.77 bits per heavy atom. The highest BCUT2D eigenvalue weighted by Crippen LogP contribution is 2.30. The second-order valence-corrected chi connectivity index (χ2v) is 8.64. The van der Waals surface area contributed by atoms with Crippen molar-refractivity contribution in [3.05, 3.63) is 96.6 Å². The van der Waals surface area contributed by atoms with Crippen LogP contribution in [0.25, 0.3) is 16.3 Å². The molecule has 1 amide bonds. The normalized spacial score (nSPS) is 14.7. The van der Waals surface area contributed by atoms with Gasteiger partial charge in [0.25, 0.3) is 5.91 Å². The largest absolute Gasteiger partial charge is 0.382 e. The van der Waals surface area contributed by atoms with E-state index in [1.54, 1.807) is 12.4 Å². The van der Waals surface area contributed by atoms with Crippen molar-refractivity contribution in [3.63, 3.8) is 0 Å². The van der Waals surface area contributed by atoms with Crippen molar-refractivity contribution in [1.29, 1.82) is 5.26 Å². The van der Waals surface area contributed by atoms with Crippen LogP contribution < -0.4 is 5.32 Å². The summed E-state index contributed by atoms with van der Waals surface area (Å²) in [6, 6.07) is 12.4. The lowest BCUT2D eigenvalue weighted by atomic mass is 9.98. The number of nitriles is 1. The third kappa shape index (κ3) is 5.82. The first-order valence-electron chi connectivity index (χ1n) is 11.8. The summed E-state index contributed by atoms with van der Waals surface area (Å²) in [7, 11) is 0. The Kier molecular flexibility index (Phi) is 7.69. The van der Waals surface area contributed by atoms with Crippen molar-refractivity contribution in [2.45, 2.75) is 32.2 Å². The number of fused-ring (bicyclic) bond motifs is 1. The van der Waals surface area contributed by atoms with Crippen LogP contribution in [-0.2, 0) is 0 Å². The van der Waals surface area contributed by atoms with Gasteiger partial charge in [0.2, 0.25) is 0 Å². The second kappa shape index (κ2) is 11.3. The average molecular weight is 464 g/mol. The van der Waals surface area contributed by atoms with E-state index in [0.29, 0.717) is 25.1 Å². The lowest BCUT2D eigenvalue weighted by Crippen LogP contribution is -2.42. The molecule has 6 nitrogen and oxygen atoms in total. The van der Waals surface area contributed by atoms with E-state index in [2.05, 4.69) is 40.1 Å². The van der Waals surface area contributed by atoms with Crippen LogP contribution in [0.3, 0.4) is 0 Å². The van der Waals surface area contributed by atoms with Crippen LogP contribution >= 0.6 is 0 Å². The highest BCUT2D eigenvalue weighted by molar-refractivity contribution is 5.97. The molecule has 0 atom stereocenters. The van der Waals surface area contributed by atoms with Crippen LogP contribution in [0, 0.1) is 18.3 Å². The molecule has 1 fully saturated rings. The van der Waals surface area contributed by atoms with Gasteiger partial charge in [0, 0.05) is 54.5 Å². The number of allylic oxidation sites excluding steroid dienone is 5. The molecule has 0 bridgehead atoms. The summed E-state index contributed by atoms with van der Waals surface area (Å²) in [6.07, 6.45) is 14.9. The topological polar surface area (TPSA) is 81.9 Å². The maximum Gasteiger partial charge on any atom is 0.255 e. The maximum absolute atomic E-state index is 12.8. The fourth-order valence-corrected chi connectivity index (χ4v) is 4.28. The molecule has 0 saturated carbocycles. The monoisotopic (exact) mass is 463 g/mol. The van der Waals surface area contributed by atoms with E-state index in [0.717, 1.165) is 46.1 Å². The number of anilines is 1. The number of aryl methyl sites for hydroxylation is 1. The van der Waals surface area contributed by atoms with Gasteiger partial charge in [-0.15, -0.1) is 0 Å². The van der Waals surface area contributed by atoms with E-state index in [1.807, 2.05) is 60.5 Å². The molecule has 0 spiro atoms. The summed E-state index contributed by atoms with van der Waals surface area (Å²) in [4.78, 5) is 23.3. The number of pyridine rings is 2. The zero-order chi connectivity index (χ0) is 24.6. The van der Waals surface area contributed by atoms with Crippen LogP contribution in [0.2, 0.25) is 0 Å². The van der Waals surface area contributed by atoms with Gasteiger partial charge in [-0.2, -0.15) is 5.26 Å². The molecule has 6 heteroatoms. The van der Waals surface area contributed by atoms with Crippen LogP contribution in [-0.4, -0.2) is 39.9 Å². The zero-order valence-corrected chi connectivity index (χ0v) is 19.9. The number of piperidine rings is 1. The lowest BCUT2D eigenvalue weighted by molar-refractivity contribution is 0.0718. The molecule has 0 aliphatic carbocycles. The van der Waals surface area contributed by atoms with E-state index in [-0.39, 0.29) is 11.9 Å². The van der Waals surface area contributed by atoms with Crippen molar-refractivity contribution in [3.8, 4) is 6.07 Å². The van der Waals surface area contributed by atoms with Gasteiger partial charge in [0.1, 0.15) is 0 Å². The smallest absolute Gasteiger partial charge is 0.255 e. The minimum absolute atomic E-state index is 0.0396. The van der Waals surface area contributed by atoms with Gasteiger partial charge in [-0.1, -0.05) is 30.9 Å². The summed E-state index contributed by atoms with van der Waals surface area (Å²) in [5, 5.41) is 14.6. The van der Waals surface area contributed by atoms with Crippen LogP contribution in [0.1, 0.15) is 40.9 Å². The van der Waals surface area contributed by atoms with Crippen molar-refractivity contribution in [1.82, 2.24) is 14.9 Å². The summed E-state index contributed by atoms with van der Waals surface area (Å²) in [6.45, 7) is 7.28. The van der Waals surface area contributed by atoms with E-state index in [9.17, 15) is 4.79 Å². The van der Waals surface area contributed by atoms with Crippen LogP contribution in [0.4, 0.5) is 5.69 Å². The fraction of sp³-hybridized carbons (Fsp3) is 0.241. The first-order chi connectivity index (χ1) is 17.1. The van der Waals surface area contributed by atoms with Gasteiger partial charge >= 0.3 is 0 Å². The number of hydrogen-bond donors (Lipinski definition) is 1. The summed E-state index contributed by atoms with van der Waals surface area (Å²) in [5.41, 5.74) is 4.59. The molecule has 1 saturated heterocycles. The van der Waals surface area contributed by atoms with Crippen molar-refractivity contribution >= 4 is 27.9 Å². The number of rotatable bonds is 7. The third-order valence-corrected chi connectivity index (χ3v) is 6.23. The summed E-state index contributed by atoms with van der Waals surface area (Å²) >= 11 is 0. The molecular weight excluding hydrogens is 434 g/mol. The standard InChI is InChI=1S/C29H29N5O/c1-3-22(7-5-4-6-13-30)25-17-23-10-14-31-20-27(23)28(18-25)33-26-11-15-34(16-12-26)29(35)24-9-8-21(2)32-19-24/h3-5,7-10,14,17-20,26,33H,1,6,11-12,15-16H2,2H3.